The van der Waals surface area contributed by atoms with E-state index in [9.17, 15) is 24.0 Å². The number of carbonyl (C=O) groups is 3. The minimum Gasteiger partial charge on any atom is -0.489 e. The molecule has 0 radical (unpaired) electrons. The minimum absolute atomic E-state index is 0.0442. The Bertz CT molecular complexity index is 1860. The van der Waals surface area contributed by atoms with Gasteiger partial charge in [0, 0.05) is 18.7 Å². The third-order valence-electron chi connectivity index (χ3n) is 7.11. The van der Waals surface area contributed by atoms with Crippen molar-refractivity contribution in [3.63, 3.8) is 0 Å². The second kappa shape index (κ2) is 17.6. The Kier molecular flexibility index (Phi) is 13.1. The summed E-state index contributed by atoms with van der Waals surface area (Å²) in [5, 5.41) is 0.0883. The average Bonchev–Trinajstić information content (AvgIpc) is 3.08. The number of benzene rings is 2. The Hall–Kier alpha value is -5.70. The second-order valence-electron chi connectivity index (χ2n) is 11.0. The first-order valence-electron chi connectivity index (χ1n) is 16.0. The van der Waals surface area contributed by atoms with Crippen LogP contribution < -0.4 is 31.8 Å². The first-order chi connectivity index (χ1) is 24.0. The fourth-order valence-corrected chi connectivity index (χ4v) is 4.78. The Balaban J connectivity index is 1.56. The molecule has 0 aliphatic carbocycles. The lowest BCUT2D eigenvalue weighted by atomic mass is 10.1. The molecule has 0 saturated carbocycles. The molecule has 4 aromatic rings. The van der Waals surface area contributed by atoms with Crippen molar-refractivity contribution in [2.45, 2.75) is 52.2 Å². The second-order valence-corrected chi connectivity index (χ2v) is 11.0. The first-order valence-corrected chi connectivity index (χ1v) is 16.0. The van der Waals surface area contributed by atoms with E-state index in [1.807, 2.05) is 0 Å². The van der Waals surface area contributed by atoms with Crippen LogP contribution in [0.25, 0.3) is 21.9 Å². The molecular weight excluding hydrogens is 654 g/mol. The number of nitrogens with zero attached hydrogens (tertiary/aromatic N) is 1. The van der Waals surface area contributed by atoms with Crippen LogP contribution in [0.5, 0.6) is 11.5 Å². The lowest BCUT2D eigenvalue weighted by Gasteiger charge is -2.21. The zero-order chi connectivity index (χ0) is 36.2. The van der Waals surface area contributed by atoms with Gasteiger partial charge in [0.1, 0.15) is 52.7 Å². The van der Waals surface area contributed by atoms with Gasteiger partial charge in [0.05, 0.1) is 19.0 Å². The predicted octanol–water partition coefficient (Wildman–Crippen LogP) is 3.50. The minimum atomic E-state index is -1.10. The highest BCUT2D eigenvalue weighted by Crippen LogP contribution is 2.26. The largest absolute Gasteiger partial charge is 0.489 e. The number of carbonyl (C=O) groups excluding carboxylic acids is 3. The molecular formula is C35H39N3O12. The molecule has 2 heterocycles. The van der Waals surface area contributed by atoms with Crippen molar-refractivity contribution < 1.29 is 46.9 Å². The molecule has 0 spiro atoms. The summed E-state index contributed by atoms with van der Waals surface area (Å²) in [6, 6.07) is 10.2. The van der Waals surface area contributed by atoms with Gasteiger partial charge in [0.2, 0.25) is 11.5 Å². The fourth-order valence-electron chi connectivity index (χ4n) is 4.78. The van der Waals surface area contributed by atoms with E-state index in [2.05, 4.69) is 4.99 Å². The maximum absolute atomic E-state index is 13.1. The molecule has 15 nitrogen and oxygen atoms in total. The Labute approximate surface area is 286 Å². The molecule has 4 rings (SSSR count). The number of aliphatic imine (C=N–C) groups is 1. The van der Waals surface area contributed by atoms with E-state index in [1.54, 1.807) is 32.9 Å². The highest BCUT2D eigenvalue weighted by molar-refractivity contribution is 5.91. The van der Waals surface area contributed by atoms with Crippen LogP contribution in [0.2, 0.25) is 0 Å². The third-order valence-corrected chi connectivity index (χ3v) is 7.11. The molecule has 0 saturated heterocycles. The molecule has 50 heavy (non-hydrogen) atoms. The predicted molar refractivity (Wildman–Crippen MR) is 182 cm³/mol. The van der Waals surface area contributed by atoms with Crippen LogP contribution in [0.4, 0.5) is 0 Å². The molecule has 15 heteroatoms. The van der Waals surface area contributed by atoms with Crippen LogP contribution in [-0.4, -0.2) is 68.9 Å². The van der Waals surface area contributed by atoms with Crippen molar-refractivity contribution in [3.8, 4) is 11.5 Å². The van der Waals surface area contributed by atoms with E-state index < -0.39 is 40.9 Å². The summed E-state index contributed by atoms with van der Waals surface area (Å²) < 4.78 is 38.7. The van der Waals surface area contributed by atoms with E-state index in [0.29, 0.717) is 31.6 Å². The van der Waals surface area contributed by atoms with E-state index in [-0.39, 0.29) is 71.4 Å². The highest BCUT2D eigenvalue weighted by Gasteiger charge is 2.24. The summed E-state index contributed by atoms with van der Waals surface area (Å²) in [5.74, 6) is -2.21. The van der Waals surface area contributed by atoms with E-state index in [0.717, 1.165) is 12.1 Å². The molecule has 0 fully saturated rings. The summed E-state index contributed by atoms with van der Waals surface area (Å²) in [7, 11) is 0. The number of fused-ring (bicyclic) bond motifs is 2. The Morgan fingerprint density at radius 1 is 0.800 bits per heavy atom. The Morgan fingerprint density at radius 2 is 1.30 bits per heavy atom. The van der Waals surface area contributed by atoms with Crippen LogP contribution in [-0.2, 0) is 19.0 Å². The zero-order valence-electron chi connectivity index (χ0n) is 27.9. The summed E-state index contributed by atoms with van der Waals surface area (Å²) in [4.78, 5) is 67.6. The van der Waals surface area contributed by atoms with Crippen LogP contribution in [0.3, 0.4) is 0 Å². The number of esters is 3. The number of hydrogen-bond acceptors (Lipinski definition) is 14. The van der Waals surface area contributed by atoms with Crippen LogP contribution in [0, 0.1) is 0 Å². The molecule has 1 unspecified atom stereocenters. The van der Waals surface area contributed by atoms with Gasteiger partial charge in [-0.1, -0.05) is 12.1 Å². The number of amidine groups is 1. The van der Waals surface area contributed by atoms with Gasteiger partial charge in [-0.05, 0) is 64.3 Å². The summed E-state index contributed by atoms with van der Waals surface area (Å²) >= 11 is 0. The first kappa shape index (κ1) is 37.1. The van der Waals surface area contributed by atoms with Crippen LogP contribution in [0.1, 0.15) is 61.1 Å². The van der Waals surface area contributed by atoms with Gasteiger partial charge in [-0.25, -0.2) is 9.59 Å². The SMILES string of the molecule is CCOC(=O)c1cc(=O)c2c(OCC(COc3cccc4oc(C(=O)OCC)cc(=O)c34)OC(=O)C(N)CCCCN=C(C)N)cccc2o1. The molecule has 266 valence electrons. The number of nitrogens with two attached hydrogens (primary N) is 2. The summed E-state index contributed by atoms with van der Waals surface area (Å²) in [5.41, 5.74) is 10.7. The Morgan fingerprint density at radius 3 is 1.76 bits per heavy atom. The summed E-state index contributed by atoms with van der Waals surface area (Å²) in [6.07, 6.45) is 0.463. The van der Waals surface area contributed by atoms with Gasteiger partial charge in [-0.3, -0.25) is 19.4 Å². The van der Waals surface area contributed by atoms with E-state index in [1.165, 1.54) is 24.3 Å². The van der Waals surface area contributed by atoms with Gasteiger partial charge >= 0.3 is 17.9 Å². The maximum Gasteiger partial charge on any atom is 0.374 e. The average molecular weight is 694 g/mol. The van der Waals surface area contributed by atoms with E-state index >= 15 is 0 Å². The normalized spacial score (nSPS) is 12.1. The molecule has 0 amide bonds. The zero-order valence-corrected chi connectivity index (χ0v) is 27.9. The summed E-state index contributed by atoms with van der Waals surface area (Å²) in [6.45, 7) is 4.99. The number of unbranched alkanes of at least 4 members (excludes halogenated alkanes) is 1. The quantitative estimate of drug-likeness (QED) is 0.0531. The van der Waals surface area contributed by atoms with Gasteiger partial charge in [-0.15, -0.1) is 0 Å². The topological polar surface area (TPSA) is 222 Å². The fraction of sp³-hybridized carbons (Fsp3) is 0.371. The lowest BCUT2D eigenvalue weighted by molar-refractivity contribution is -0.154. The standard InChI is InChI=1S/C35H39N3O12/c1-4-44-34(42)29-16-23(39)31-25(11-8-13-27(31)49-29)46-18-21(48-33(41)22(37)10-6-7-15-38-20(3)36)19-47-26-12-9-14-28-32(26)24(40)17-30(50-28)35(43)45-5-2/h8-9,11-14,16-17,21-22H,4-7,10,15,18-19,37H2,1-3H3,(H2,36,38). The van der Waals surface area contributed by atoms with Crippen LogP contribution >= 0.6 is 0 Å². The van der Waals surface area contributed by atoms with Crippen molar-refractivity contribution in [2.24, 2.45) is 16.5 Å². The van der Waals surface area contributed by atoms with Crippen molar-refractivity contribution in [1.82, 2.24) is 0 Å². The van der Waals surface area contributed by atoms with Gasteiger partial charge in [-0.2, -0.15) is 0 Å². The molecule has 1 atom stereocenters. The van der Waals surface area contributed by atoms with Gasteiger partial charge in [0.15, 0.2) is 17.0 Å². The van der Waals surface area contributed by atoms with Gasteiger partial charge in [0.25, 0.3) is 0 Å². The monoisotopic (exact) mass is 693 g/mol. The van der Waals surface area contributed by atoms with Crippen molar-refractivity contribution >= 4 is 45.7 Å². The van der Waals surface area contributed by atoms with Crippen molar-refractivity contribution in [3.05, 3.63) is 80.5 Å². The molecule has 0 bridgehead atoms. The number of ether oxygens (including phenoxy) is 5. The molecule has 2 aromatic heterocycles. The maximum atomic E-state index is 13.1. The molecule has 2 aromatic carbocycles. The number of hydrogen-bond donors (Lipinski definition) is 2. The van der Waals surface area contributed by atoms with Crippen molar-refractivity contribution in [2.75, 3.05) is 33.0 Å². The highest BCUT2D eigenvalue weighted by atomic mass is 16.6. The lowest BCUT2D eigenvalue weighted by Crippen LogP contribution is -2.39. The van der Waals surface area contributed by atoms with Crippen molar-refractivity contribution in [1.29, 1.82) is 0 Å². The van der Waals surface area contributed by atoms with E-state index in [4.69, 9.17) is 44.0 Å². The van der Waals surface area contributed by atoms with Crippen LogP contribution in [0.15, 0.2) is 71.9 Å². The molecule has 4 N–H and O–H groups in total. The van der Waals surface area contributed by atoms with Gasteiger partial charge < -0.3 is 44.0 Å². The number of rotatable bonds is 17. The molecule has 0 aliphatic heterocycles. The molecule has 0 aliphatic rings. The third kappa shape index (κ3) is 9.69. The smallest absolute Gasteiger partial charge is 0.374 e.